The molecule has 0 aromatic heterocycles. The van der Waals surface area contributed by atoms with E-state index in [0.717, 1.165) is 0 Å². The second-order valence-electron chi connectivity index (χ2n) is 9.21. The van der Waals surface area contributed by atoms with E-state index in [2.05, 4.69) is 31.9 Å². The molecule has 0 bridgehead atoms. The summed E-state index contributed by atoms with van der Waals surface area (Å²) in [6.45, 7) is 3.46. The van der Waals surface area contributed by atoms with Gasteiger partial charge in [0.2, 0.25) is 21.8 Å². The van der Waals surface area contributed by atoms with E-state index in [-0.39, 0.29) is 15.1 Å². The van der Waals surface area contributed by atoms with Crippen LogP contribution in [0.4, 0.5) is 10.5 Å². The quantitative estimate of drug-likeness (QED) is 0.287. The smallest absolute Gasteiger partial charge is 0.327 e. The molecular formula is C23H24BrN5O7S2. The molecule has 2 aliphatic heterocycles. The Bertz CT molecular complexity index is 1420. The molecule has 4 atom stereocenters. The fourth-order valence-electron chi connectivity index (χ4n) is 4.39. The summed E-state index contributed by atoms with van der Waals surface area (Å²) >= 11 is 4.47. The van der Waals surface area contributed by atoms with E-state index in [9.17, 15) is 32.7 Å². The van der Waals surface area contributed by atoms with Gasteiger partial charge in [0.1, 0.15) is 23.5 Å². The highest BCUT2D eigenvalue weighted by Gasteiger charge is 2.64. The van der Waals surface area contributed by atoms with Crippen LogP contribution in [0.1, 0.15) is 25.5 Å². The van der Waals surface area contributed by atoms with Crippen molar-refractivity contribution in [1.29, 1.82) is 0 Å². The van der Waals surface area contributed by atoms with Gasteiger partial charge in [0.15, 0.2) is 0 Å². The first-order valence-corrected chi connectivity index (χ1v) is 14.4. The third kappa shape index (κ3) is 5.36. The number of carboxylic acid groups (broad SMARTS) is 1. The van der Waals surface area contributed by atoms with E-state index < -0.39 is 62.1 Å². The van der Waals surface area contributed by atoms with Crippen molar-refractivity contribution >= 4 is 67.2 Å². The number of nitrogens with one attached hydrogen (secondary N) is 3. The molecule has 0 saturated carbocycles. The number of hydrogen-bond acceptors (Lipinski definition) is 7. The Morgan fingerprint density at radius 2 is 1.82 bits per heavy atom. The van der Waals surface area contributed by atoms with Crippen molar-refractivity contribution in [2.45, 2.75) is 47.0 Å². The maximum Gasteiger partial charge on any atom is 0.327 e. The van der Waals surface area contributed by atoms with Crippen molar-refractivity contribution in [3.05, 3.63) is 58.6 Å². The van der Waals surface area contributed by atoms with Crippen molar-refractivity contribution < 1.29 is 32.7 Å². The molecule has 2 aromatic rings. The van der Waals surface area contributed by atoms with Crippen LogP contribution in [-0.4, -0.2) is 64.4 Å². The largest absolute Gasteiger partial charge is 0.480 e. The number of thioether (sulfide) groups is 1. The lowest BCUT2D eigenvalue weighted by atomic mass is 9.95. The van der Waals surface area contributed by atoms with Gasteiger partial charge in [-0.1, -0.05) is 30.3 Å². The molecule has 0 unspecified atom stereocenters. The second kappa shape index (κ2) is 10.2. The van der Waals surface area contributed by atoms with Gasteiger partial charge < -0.3 is 26.0 Å². The highest BCUT2D eigenvalue weighted by molar-refractivity contribution is 9.10. The van der Waals surface area contributed by atoms with Crippen LogP contribution >= 0.6 is 27.7 Å². The summed E-state index contributed by atoms with van der Waals surface area (Å²) in [5.74, 6) is -2.29. The lowest BCUT2D eigenvalue weighted by Crippen LogP contribution is -2.71. The molecule has 4 rings (SSSR count). The van der Waals surface area contributed by atoms with Crippen molar-refractivity contribution in [1.82, 2.24) is 15.5 Å². The maximum absolute atomic E-state index is 13.3. The SMILES string of the molecule is CC1(C)S[C@@H]2[C@H](NC(=O)[C@H](NC(=O)Nc3ccc(S(N)(=O)=O)cc3Br)c3ccccc3)C(=O)N2[C@H]1C(=O)O. The van der Waals surface area contributed by atoms with Crippen LogP contribution in [0.5, 0.6) is 0 Å². The van der Waals surface area contributed by atoms with Crippen molar-refractivity contribution in [3.63, 3.8) is 0 Å². The summed E-state index contributed by atoms with van der Waals surface area (Å²) in [5, 5.41) is 21.9. The maximum atomic E-state index is 13.3. The number of anilines is 1. The molecule has 38 heavy (non-hydrogen) atoms. The first-order chi connectivity index (χ1) is 17.7. The number of sulfonamides is 1. The van der Waals surface area contributed by atoms with E-state index >= 15 is 0 Å². The molecule has 202 valence electrons. The minimum atomic E-state index is -3.95. The normalized spacial score (nSPS) is 22.6. The average Bonchev–Trinajstić information content (AvgIpc) is 3.10. The fourth-order valence-corrected chi connectivity index (χ4v) is 7.19. The number of rotatable bonds is 7. The number of fused-ring (bicyclic) bond motifs is 1. The summed E-state index contributed by atoms with van der Waals surface area (Å²) in [7, 11) is -3.95. The van der Waals surface area contributed by atoms with Crippen LogP contribution in [0.15, 0.2) is 57.9 Å². The number of carbonyl (C=O) groups excluding carboxylic acids is 3. The van der Waals surface area contributed by atoms with Crippen molar-refractivity contribution in [2.24, 2.45) is 5.14 Å². The number of carboxylic acids is 1. The van der Waals surface area contributed by atoms with Gasteiger partial charge in [0.25, 0.3) is 0 Å². The highest BCUT2D eigenvalue weighted by Crippen LogP contribution is 2.50. The molecule has 2 aromatic carbocycles. The number of benzene rings is 2. The number of carbonyl (C=O) groups is 4. The lowest BCUT2D eigenvalue weighted by molar-refractivity contribution is -0.161. The van der Waals surface area contributed by atoms with Crippen LogP contribution in [0.2, 0.25) is 0 Å². The Hall–Kier alpha value is -3.14. The predicted molar refractivity (Wildman–Crippen MR) is 143 cm³/mol. The van der Waals surface area contributed by atoms with Crippen LogP contribution in [0.25, 0.3) is 0 Å². The molecule has 6 N–H and O–H groups in total. The number of nitrogens with two attached hydrogens (primary N) is 1. The van der Waals surface area contributed by atoms with Crippen LogP contribution in [0, 0.1) is 0 Å². The van der Waals surface area contributed by atoms with Gasteiger partial charge in [-0.3, -0.25) is 9.59 Å². The summed E-state index contributed by atoms with van der Waals surface area (Å²) < 4.78 is 22.6. The fraction of sp³-hybridized carbons (Fsp3) is 0.304. The third-order valence-electron chi connectivity index (χ3n) is 6.16. The zero-order valence-electron chi connectivity index (χ0n) is 20.0. The molecular weight excluding hydrogens is 602 g/mol. The zero-order chi connectivity index (χ0) is 28.0. The minimum absolute atomic E-state index is 0.158. The van der Waals surface area contributed by atoms with E-state index in [1.807, 2.05) is 0 Å². The molecule has 0 spiro atoms. The molecule has 4 amide bonds. The van der Waals surface area contributed by atoms with Crippen LogP contribution in [-0.2, 0) is 24.4 Å². The Labute approximate surface area is 230 Å². The average molecular weight is 627 g/mol. The van der Waals surface area contributed by atoms with E-state index in [0.29, 0.717) is 5.56 Å². The van der Waals surface area contributed by atoms with Crippen LogP contribution in [0.3, 0.4) is 0 Å². The summed E-state index contributed by atoms with van der Waals surface area (Å²) in [6.07, 6.45) is 0. The Kier molecular flexibility index (Phi) is 7.49. The lowest BCUT2D eigenvalue weighted by Gasteiger charge is -2.44. The van der Waals surface area contributed by atoms with Crippen LogP contribution < -0.4 is 21.1 Å². The van der Waals surface area contributed by atoms with Crippen molar-refractivity contribution in [2.75, 3.05) is 5.32 Å². The number of primary sulfonamides is 1. The molecule has 2 saturated heterocycles. The molecule has 2 heterocycles. The van der Waals surface area contributed by atoms with Gasteiger partial charge in [0.05, 0.1) is 10.6 Å². The Balaban J connectivity index is 1.50. The zero-order valence-corrected chi connectivity index (χ0v) is 23.3. The first kappa shape index (κ1) is 27.9. The van der Waals surface area contributed by atoms with E-state index in [1.54, 1.807) is 44.2 Å². The monoisotopic (exact) mass is 625 g/mol. The number of aliphatic carboxylic acids is 1. The number of urea groups is 1. The molecule has 15 heteroatoms. The molecule has 12 nitrogen and oxygen atoms in total. The number of amides is 4. The molecule has 0 aliphatic carbocycles. The number of β-lactam (4-membered cyclic amide) rings is 1. The number of hydrogen-bond donors (Lipinski definition) is 5. The Morgan fingerprint density at radius 3 is 2.39 bits per heavy atom. The predicted octanol–water partition coefficient (Wildman–Crippen LogP) is 1.59. The Morgan fingerprint density at radius 1 is 1.16 bits per heavy atom. The molecule has 2 aliphatic rings. The van der Waals surface area contributed by atoms with Gasteiger partial charge in [-0.05, 0) is 53.5 Å². The summed E-state index contributed by atoms with van der Waals surface area (Å²) in [5.41, 5.74) is 0.659. The van der Waals surface area contributed by atoms with Gasteiger partial charge >= 0.3 is 12.0 Å². The summed E-state index contributed by atoms with van der Waals surface area (Å²) in [6, 6.07) is 8.19. The second-order valence-corrected chi connectivity index (χ2v) is 13.4. The van der Waals surface area contributed by atoms with E-state index in [4.69, 9.17) is 5.14 Å². The molecule has 2 fully saturated rings. The van der Waals surface area contributed by atoms with Gasteiger partial charge in [0, 0.05) is 9.22 Å². The highest BCUT2D eigenvalue weighted by atomic mass is 79.9. The third-order valence-corrected chi connectivity index (χ3v) is 9.30. The minimum Gasteiger partial charge on any atom is -0.480 e. The topological polar surface area (TPSA) is 188 Å². The van der Waals surface area contributed by atoms with Gasteiger partial charge in [-0.15, -0.1) is 11.8 Å². The molecule has 0 radical (unpaired) electrons. The first-order valence-electron chi connectivity index (χ1n) is 11.2. The van der Waals surface area contributed by atoms with E-state index in [1.165, 1.54) is 34.9 Å². The summed E-state index contributed by atoms with van der Waals surface area (Å²) in [4.78, 5) is 51.8. The van der Waals surface area contributed by atoms with Gasteiger partial charge in [-0.25, -0.2) is 23.1 Å². The van der Waals surface area contributed by atoms with Crippen molar-refractivity contribution in [3.8, 4) is 0 Å². The van der Waals surface area contributed by atoms with Gasteiger partial charge in [-0.2, -0.15) is 0 Å². The number of halogens is 1. The standard InChI is InChI=1S/C23H24BrN5O7S2/c1-23(2)17(21(32)33)29-19(31)16(20(29)37-23)27-18(30)15(11-6-4-3-5-7-11)28-22(34)26-14-9-8-12(10-13(14)24)38(25,35)36/h3-10,15-17,20H,1-2H3,(H,27,30)(H,32,33)(H2,25,35,36)(H2,26,28,34)/t15-,16-,17+,20-/m1/s1. The number of nitrogens with zero attached hydrogens (tertiary/aromatic N) is 1.